The van der Waals surface area contributed by atoms with Gasteiger partial charge in [0.15, 0.2) is 0 Å². The molecule has 2 heterocycles. The number of pyridine rings is 1. The molecule has 3 aromatic rings. The van der Waals surface area contributed by atoms with E-state index in [0.717, 1.165) is 28.3 Å². The van der Waals surface area contributed by atoms with E-state index in [9.17, 15) is 0 Å². The van der Waals surface area contributed by atoms with Crippen molar-refractivity contribution >= 4 is 5.65 Å². The molecule has 0 aliphatic heterocycles. The van der Waals surface area contributed by atoms with Crippen molar-refractivity contribution in [3.05, 3.63) is 54.4 Å². The molecule has 3 rings (SSSR count). The number of hydrogen-bond donors (Lipinski definition) is 0. The zero-order chi connectivity index (χ0) is 14.7. The molecule has 0 saturated heterocycles. The number of aromatic nitrogens is 2. The second-order valence-electron chi connectivity index (χ2n) is 4.60. The molecule has 4 nitrogen and oxygen atoms in total. The molecule has 0 unspecified atom stereocenters. The van der Waals surface area contributed by atoms with E-state index in [2.05, 4.69) is 11.1 Å². The second kappa shape index (κ2) is 5.68. The molecule has 0 aliphatic carbocycles. The summed E-state index contributed by atoms with van der Waals surface area (Å²) in [7, 11) is 0. The van der Waals surface area contributed by atoms with Gasteiger partial charge < -0.3 is 9.14 Å². The first-order valence-electron chi connectivity index (χ1n) is 6.90. The van der Waals surface area contributed by atoms with Gasteiger partial charge in [-0.3, -0.25) is 0 Å². The van der Waals surface area contributed by atoms with Crippen LogP contribution in [-0.2, 0) is 6.42 Å². The van der Waals surface area contributed by atoms with E-state index in [1.807, 2.05) is 60.0 Å². The number of para-hydroxylation sites is 1. The van der Waals surface area contributed by atoms with Crippen LogP contribution >= 0.6 is 0 Å². The van der Waals surface area contributed by atoms with E-state index in [4.69, 9.17) is 10.00 Å². The van der Waals surface area contributed by atoms with Gasteiger partial charge in [0.25, 0.3) is 0 Å². The third-order valence-electron chi connectivity index (χ3n) is 3.32. The standard InChI is InChI=1S/C17H15N3O/c1-2-21-15-8-4-3-7-13(15)17-14(10-11-18)20-12-6-5-9-16(20)19-17/h3-9,12H,2,10H2,1H3. The van der Waals surface area contributed by atoms with Gasteiger partial charge in [0, 0.05) is 11.8 Å². The van der Waals surface area contributed by atoms with E-state index in [1.165, 1.54) is 0 Å². The molecular formula is C17H15N3O. The van der Waals surface area contributed by atoms with Gasteiger partial charge in [0.1, 0.15) is 11.4 Å². The summed E-state index contributed by atoms with van der Waals surface area (Å²) in [6, 6.07) is 15.8. The Bertz CT molecular complexity index is 814. The maximum Gasteiger partial charge on any atom is 0.137 e. The fourth-order valence-corrected chi connectivity index (χ4v) is 2.45. The lowest BCUT2D eigenvalue weighted by atomic mass is 10.1. The highest BCUT2D eigenvalue weighted by molar-refractivity contribution is 5.72. The Hall–Kier alpha value is -2.80. The van der Waals surface area contributed by atoms with Crippen LogP contribution in [0.5, 0.6) is 5.75 Å². The maximum absolute atomic E-state index is 9.12. The summed E-state index contributed by atoms with van der Waals surface area (Å²) in [5, 5.41) is 9.12. The van der Waals surface area contributed by atoms with E-state index in [1.54, 1.807) is 0 Å². The van der Waals surface area contributed by atoms with Gasteiger partial charge >= 0.3 is 0 Å². The van der Waals surface area contributed by atoms with E-state index >= 15 is 0 Å². The lowest BCUT2D eigenvalue weighted by Gasteiger charge is -2.09. The minimum Gasteiger partial charge on any atom is -0.493 e. The average Bonchev–Trinajstić information content (AvgIpc) is 2.88. The molecule has 0 saturated carbocycles. The summed E-state index contributed by atoms with van der Waals surface area (Å²) < 4.78 is 7.65. The summed E-state index contributed by atoms with van der Waals surface area (Å²) in [5.41, 5.74) is 3.46. The first kappa shape index (κ1) is 13.2. The van der Waals surface area contributed by atoms with Crippen LogP contribution in [0, 0.1) is 11.3 Å². The number of ether oxygens (including phenoxy) is 1. The van der Waals surface area contributed by atoms with Crippen molar-refractivity contribution < 1.29 is 4.74 Å². The van der Waals surface area contributed by atoms with Gasteiger partial charge in [0.2, 0.25) is 0 Å². The molecule has 21 heavy (non-hydrogen) atoms. The summed E-state index contributed by atoms with van der Waals surface area (Å²) in [6.07, 6.45) is 2.24. The molecule has 104 valence electrons. The smallest absolute Gasteiger partial charge is 0.137 e. The van der Waals surface area contributed by atoms with Gasteiger partial charge in [0.05, 0.1) is 30.5 Å². The van der Waals surface area contributed by atoms with Crippen LogP contribution in [0.4, 0.5) is 0 Å². The third kappa shape index (κ3) is 2.34. The van der Waals surface area contributed by atoms with Crippen molar-refractivity contribution in [1.29, 1.82) is 5.26 Å². The number of hydrogen-bond acceptors (Lipinski definition) is 3. The van der Waals surface area contributed by atoms with Gasteiger partial charge in [-0.2, -0.15) is 5.26 Å². The number of nitrogens with zero attached hydrogens (tertiary/aromatic N) is 3. The van der Waals surface area contributed by atoms with Gasteiger partial charge in [-0.05, 0) is 31.2 Å². The molecule has 0 amide bonds. The highest BCUT2D eigenvalue weighted by atomic mass is 16.5. The Morgan fingerprint density at radius 2 is 2.00 bits per heavy atom. The minimum atomic E-state index is 0.307. The predicted molar refractivity (Wildman–Crippen MR) is 81.1 cm³/mol. The Morgan fingerprint density at radius 1 is 1.19 bits per heavy atom. The number of benzene rings is 1. The van der Waals surface area contributed by atoms with Crippen molar-refractivity contribution in [1.82, 2.24) is 9.38 Å². The van der Waals surface area contributed by atoms with Crippen LogP contribution in [0.3, 0.4) is 0 Å². The third-order valence-corrected chi connectivity index (χ3v) is 3.32. The van der Waals surface area contributed by atoms with Crippen molar-refractivity contribution in [2.45, 2.75) is 13.3 Å². The van der Waals surface area contributed by atoms with E-state index in [0.29, 0.717) is 13.0 Å². The van der Waals surface area contributed by atoms with Gasteiger partial charge in [-0.15, -0.1) is 0 Å². The minimum absolute atomic E-state index is 0.307. The Labute approximate surface area is 123 Å². The highest BCUT2D eigenvalue weighted by Crippen LogP contribution is 2.32. The fraction of sp³-hybridized carbons (Fsp3) is 0.176. The summed E-state index contributed by atoms with van der Waals surface area (Å²) in [6.45, 7) is 2.55. The van der Waals surface area contributed by atoms with Crippen molar-refractivity contribution in [3.8, 4) is 23.1 Å². The largest absolute Gasteiger partial charge is 0.493 e. The quantitative estimate of drug-likeness (QED) is 0.733. The number of rotatable bonds is 4. The Balaban J connectivity index is 2.25. The maximum atomic E-state index is 9.12. The molecule has 2 aromatic heterocycles. The second-order valence-corrected chi connectivity index (χ2v) is 4.60. The van der Waals surface area contributed by atoms with Crippen molar-refractivity contribution in [2.24, 2.45) is 0 Å². The molecular weight excluding hydrogens is 262 g/mol. The lowest BCUT2D eigenvalue weighted by molar-refractivity contribution is 0.341. The summed E-state index contributed by atoms with van der Waals surface area (Å²) in [5.74, 6) is 0.794. The van der Waals surface area contributed by atoms with Crippen LogP contribution in [0.1, 0.15) is 12.6 Å². The first-order valence-corrected chi connectivity index (χ1v) is 6.90. The summed E-state index contributed by atoms with van der Waals surface area (Å²) in [4.78, 5) is 4.68. The van der Waals surface area contributed by atoms with Crippen LogP contribution in [0.25, 0.3) is 16.9 Å². The molecule has 1 aromatic carbocycles. The molecule has 0 fully saturated rings. The zero-order valence-electron chi connectivity index (χ0n) is 11.8. The normalized spacial score (nSPS) is 10.5. The molecule has 0 atom stereocenters. The molecule has 0 N–H and O–H groups in total. The van der Waals surface area contributed by atoms with Crippen LogP contribution < -0.4 is 4.74 Å². The summed E-state index contributed by atoms with van der Waals surface area (Å²) >= 11 is 0. The fourth-order valence-electron chi connectivity index (χ4n) is 2.45. The first-order chi connectivity index (χ1) is 10.3. The number of imidazole rings is 1. The molecule has 0 bridgehead atoms. The average molecular weight is 277 g/mol. The zero-order valence-corrected chi connectivity index (χ0v) is 11.8. The molecule has 0 aliphatic rings. The van der Waals surface area contributed by atoms with E-state index < -0.39 is 0 Å². The molecule has 0 spiro atoms. The lowest BCUT2D eigenvalue weighted by Crippen LogP contribution is -1.97. The number of fused-ring (bicyclic) bond motifs is 1. The predicted octanol–water partition coefficient (Wildman–Crippen LogP) is 3.47. The topological polar surface area (TPSA) is 50.3 Å². The van der Waals surface area contributed by atoms with Crippen molar-refractivity contribution in [2.75, 3.05) is 6.61 Å². The van der Waals surface area contributed by atoms with Gasteiger partial charge in [-0.1, -0.05) is 18.2 Å². The van der Waals surface area contributed by atoms with Crippen molar-refractivity contribution in [3.63, 3.8) is 0 Å². The molecule has 0 radical (unpaired) electrons. The van der Waals surface area contributed by atoms with Crippen LogP contribution in [-0.4, -0.2) is 16.0 Å². The Morgan fingerprint density at radius 3 is 2.81 bits per heavy atom. The molecule has 4 heteroatoms. The van der Waals surface area contributed by atoms with Crippen LogP contribution in [0.15, 0.2) is 48.7 Å². The van der Waals surface area contributed by atoms with Gasteiger partial charge in [-0.25, -0.2) is 4.98 Å². The monoisotopic (exact) mass is 277 g/mol. The Kier molecular flexibility index (Phi) is 3.57. The SMILES string of the molecule is CCOc1ccccc1-c1nc2ccccn2c1CC#N. The van der Waals surface area contributed by atoms with E-state index in [-0.39, 0.29) is 0 Å². The van der Waals surface area contributed by atoms with Crippen LogP contribution in [0.2, 0.25) is 0 Å². The highest BCUT2D eigenvalue weighted by Gasteiger charge is 2.16. The number of nitriles is 1.